The summed E-state index contributed by atoms with van der Waals surface area (Å²) in [5.74, 6) is -0.0798. The molecule has 3 heteroatoms. The summed E-state index contributed by atoms with van der Waals surface area (Å²) in [5.41, 5.74) is -1.41. The van der Waals surface area contributed by atoms with Gasteiger partial charge in [0, 0.05) is 0 Å². The zero-order valence-electron chi connectivity index (χ0n) is 14.0. The van der Waals surface area contributed by atoms with Crippen LogP contribution in [0.5, 0.6) is 0 Å². The average molecular weight is 284 g/mol. The fourth-order valence-electron chi connectivity index (χ4n) is 3.39. The highest BCUT2D eigenvalue weighted by atomic mass is 16.4. The van der Waals surface area contributed by atoms with Crippen LogP contribution in [0.1, 0.15) is 73.6 Å². The van der Waals surface area contributed by atoms with Crippen molar-refractivity contribution in [3.63, 3.8) is 0 Å². The van der Waals surface area contributed by atoms with Gasteiger partial charge in [0.1, 0.15) is 0 Å². The molecule has 0 bridgehead atoms. The summed E-state index contributed by atoms with van der Waals surface area (Å²) in [6.45, 7) is 12.4. The molecule has 0 heterocycles. The SMILES string of the molecule is CC(C)C(C)(O)CC1(C(=O)O)CCC(C(C)(C)C)CC1. The molecule has 0 aliphatic heterocycles. The van der Waals surface area contributed by atoms with Gasteiger partial charge in [-0.3, -0.25) is 4.79 Å². The van der Waals surface area contributed by atoms with Gasteiger partial charge in [-0.1, -0.05) is 34.6 Å². The Morgan fingerprint density at radius 1 is 1.20 bits per heavy atom. The summed E-state index contributed by atoms with van der Waals surface area (Å²) in [5, 5.41) is 20.2. The molecular weight excluding hydrogens is 252 g/mol. The van der Waals surface area contributed by atoms with Crippen LogP contribution in [-0.2, 0) is 4.79 Å². The lowest BCUT2D eigenvalue weighted by Crippen LogP contribution is -2.45. The zero-order chi connectivity index (χ0) is 15.8. The van der Waals surface area contributed by atoms with E-state index >= 15 is 0 Å². The van der Waals surface area contributed by atoms with Crippen molar-refractivity contribution in [1.29, 1.82) is 0 Å². The molecule has 0 aromatic rings. The van der Waals surface area contributed by atoms with E-state index in [1.807, 2.05) is 13.8 Å². The molecule has 1 rings (SSSR count). The molecule has 1 atom stereocenters. The maximum absolute atomic E-state index is 11.8. The monoisotopic (exact) mass is 284 g/mol. The van der Waals surface area contributed by atoms with Crippen molar-refractivity contribution >= 4 is 5.97 Å². The Kier molecular flexibility index (Phi) is 4.95. The topological polar surface area (TPSA) is 57.5 Å². The molecule has 0 amide bonds. The number of aliphatic hydroxyl groups is 1. The molecule has 1 unspecified atom stereocenters. The normalized spacial score (nSPS) is 31.1. The van der Waals surface area contributed by atoms with E-state index in [2.05, 4.69) is 20.8 Å². The number of carbonyl (C=O) groups is 1. The standard InChI is InChI=1S/C17H32O3/c1-12(2)16(6,20)11-17(14(18)19)9-7-13(8-10-17)15(3,4)5/h12-13,20H,7-11H2,1-6H3,(H,18,19). The quantitative estimate of drug-likeness (QED) is 0.817. The predicted octanol–water partition coefficient (Wildman–Crippen LogP) is 4.09. The molecule has 1 saturated carbocycles. The summed E-state index contributed by atoms with van der Waals surface area (Å²) in [6, 6.07) is 0. The van der Waals surface area contributed by atoms with Crippen molar-refractivity contribution < 1.29 is 15.0 Å². The zero-order valence-corrected chi connectivity index (χ0v) is 14.0. The number of rotatable bonds is 4. The minimum absolute atomic E-state index is 0.0686. The lowest BCUT2D eigenvalue weighted by Gasteiger charge is -2.45. The maximum atomic E-state index is 11.8. The van der Waals surface area contributed by atoms with Crippen LogP contribution in [0.15, 0.2) is 0 Å². The van der Waals surface area contributed by atoms with Gasteiger partial charge >= 0.3 is 5.97 Å². The Hall–Kier alpha value is -0.570. The van der Waals surface area contributed by atoms with Gasteiger partial charge in [0.2, 0.25) is 0 Å². The van der Waals surface area contributed by atoms with Crippen molar-refractivity contribution in [2.24, 2.45) is 22.7 Å². The van der Waals surface area contributed by atoms with Gasteiger partial charge in [0.25, 0.3) is 0 Å². The highest BCUT2D eigenvalue weighted by molar-refractivity contribution is 5.75. The fourth-order valence-corrected chi connectivity index (χ4v) is 3.39. The smallest absolute Gasteiger partial charge is 0.309 e. The summed E-state index contributed by atoms with van der Waals surface area (Å²) >= 11 is 0. The minimum atomic E-state index is -0.910. The van der Waals surface area contributed by atoms with Crippen molar-refractivity contribution in [3.05, 3.63) is 0 Å². The van der Waals surface area contributed by atoms with Crippen molar-refractivity contribution in [2.45, 2.75) is 79.2 Å². The van der Waals surface area contributed by atoms with Crippen LogP contribution in [0.3, 0.4) is 0 Å². The van der Waals surface area contributed by atoms with Gasteiger partial charge in [0.15, 0.2) is 0 Å². The molecule has 0 radical (unpaired) electrons. The third-order valence-corrected chi connectivity index (χ3v) is 5.56. The van der Waals surface area contributed by atoms with Crippen LogP contribution >= 0.6 is 0 Å². The molecule has 3 nitrogen and oxygen atoms in total. The fraction of sp³-hybridized carbons (Fsp3) is 0.941. The van der Waals surface area contributed by atoms with Crippen LogP contribution in [-0.4, -0.2) is 21.8 Å². The van der Waals surface area contributed by atoms with E-state index in [-0.39, 0.29) is 11.3 Å². The van der Waals surface area contributed by atoms with Gasteiger partial charge < -0.3 is 10.2 Å². The molecule has 0 aromatic carbocycles. The highest BCUT2D eigenvalue weighted by Gasteiger charge is 2.48. The maximum Gasteiger partial charge on any atom is 0.309 e. The number of aliphatic carboxylic acids is 1. The number of hydrogen-bond donors (Lipinski definition) is 2. The Morgan fingerprint density at radius 2 is 1.65 bits per heavy atom. The lowest BCUT2D eigenvalue weighted by atomic mass is 9.60. The van der Waals surface area contributed by atoms with E-state index in [4.69, 9.17) is 0 Å². The first-order valence-electron chi connectivity index (χ1n) is 7.86. The molecule has 1 fully saturated rings. The second-order valence-corrected chi connectivity index (χ2v) is 8.41. The molecule has 1 aliphatic carbocycles. The van der Waals surface area contributed by atoms with Crippen LogP contribution < -0.4 is 0 Å². The van der Waals surface area contributed by atoms with E-state index in [0.717, 1.165) is 12.8 Å². The first-order valence-corrected chi connectivity index (χ1v) is 7.86. The van der Waals surface area contributed by atoms with Gasteiger partial charge in [-0.2, -0.15) is 0 Å². The average Bonchev–Trinajstić information content (AvgIpc) is 2.27. The summed E-state index contributed by atoms with van der Waals surface area (Å²) < 4.78 is 0. The third kappa shape index (κ3) is 3.75. The van der Waals surface area contributed by atoms with Crippen molar-refractivity contribution in [2.75, 3.05) is 0 Å². The lowest BCUT2D eigenvalue weighted by molar-refractivity contribution is -0.159. The first kappa shape index (κ1) is 17.5. The Labute approximate surface area is 123 Å². The third-order valence-electron chi connectivity index (χ3n) is 5.56. The van der Waals surface area contributed by atoms with Crippen molar-refractivity contribution in [3.8, 4) is 0 Å². The number of carboxylic acid groups (broad SMARTS) is 1. The molecule has 0 aromatic heterocycles. The van der Waals surface area contributed by atoms with E-state index in [0.29, 0.717) is 25.2 Å². The summed E-state index contributed by atoms with van der Waals surface area (Å²) in [6.07, 6.45) is 3.64. The largest absolute Gasteiger partial charge is 0.481 e. The Morgan fingerprint density at radius 3 is 1.95 bits per heavy atom. The molecule has 2 N–H and O–H groups in total. The second-order valence-electron chi connectivity index (χ2n) is 8.41. The highest BCUT2D eigenvalue weighted by Crippen LogP contribution is 2.49. The molecule has 118 valence electrons. The van der Waals surface area contributed by atoms with Crippen LogP contribution in [0.25, 0.3) is 0 Å². The van der Waals surface area contributed by atoms with E-state index in [1.54, 1.807) is 6.92 Å². The predicted molar refractivity (Wildman–Crippen MR) is 81.6 cm³/mol. The van der Waals surface area contributed by atoms with Gasteiger partial charge in [0.05, 0.1) is 11.0 Å². The molecule has 0 saturated heterocycles. The van der Waals surface area contributed by atoms with Crippen LogP contribution in [0.2, 0.25) is 0 Å². The Balaban J connectivity index is 2.86. The second kappa shape index (κ2) is 5.67. The van der Waals surface area contributed by atoms with Crippen LogP contribution in [0, 0.1) is 22.7 Å². The summed E-state index contributed by atoms with van der Waals surface area (Å²) in [4.78, 5) is 11.8. The van der Waals surface area contributed by atoms with Gasteiger partial charge in [-0.25, -0.2) is 0 Å². The van der Waals surface area contributed by atoms with E-state index in [9.17, 15) is 15.0 Å². The summed E-state index contributed by atoms with van der Waals surface area (Å²) in [7, 11) is 0. The van der Waals surface area contributed by atoms with Crippen molar-refractivity contribution in [1.82, 2.24) is 0 Å². The number of carboxylic acids is 1. The molecular formula is C17H32O3. The van der Waals surface area contributed by atoms with Gasteiger partial charge in [-0.15, -0.1) is 0 Å². The minimum Gasteiger partial charge on any atom is -0.481 e. The molecule has 0 spiro atoms. The first-order chi connectivity index (χ1) is 8.91. The number of hydrogen-bond acceptors (Lipinski definition) is 2. The van der Waals surface area contributed by atoms with Gasteiger partial charge in [-0.05, 0) is 56.3 Å². The van der Waals surface area contributed by atoms with Crippen LogP contribution in [0.4, 0.5) is 0 Å². The Bertz CT molecular complexity index is 342. The van der Waals surface area contributed by atoms with E-state index < -0.39 is 17.0 Å². The molecule has 20 heavy (non-hydrogen) atoms. The van der Waals surface area contributed by atoms with E-state index in [1.165, 1.54) is 0 Å². The molecule has 1 aliphatic rings.